The highest BCUT2D eigenvalue weighted by molar-refractivity contribution is 8.00. The van der Waals surface area contributed by atoms with Gasteiger partial charge in [0.05, 0.1) is 0 Å². The van der Waals surface area contributed by atoms with Gasteiger partial charge < -0.3 is 0 Å². The minimum absolute atomic E-state index is 0.694. The second kappa shape index (κ2) is 6.66. The van der Waals surface area contributed by atoms with Crippen LogP contribution < -0.4 is 0 Å². The van der Waals surface area contributed by atoms with Crippen LogP contribution in [0.2, 0.25) is 5.02 Å². The fourth-order valence-corrected chi connectivity index (χ4v) is 3.90. The number of thioether (sulfide) groups is 1. The Labute approximate surface area is 129 Å². The Morgan fingerprint density at radius 3 is 2.55 bits per heavy atom. The molecule has 3 rings (SSSR count). The molecule has 1 aliphatic heterocycles. The number of rotatable bonds is 4. The second-order valence-corrected chi connectivity index (χ2v) is 7.01. The zero-order chi connectivity index (χ0) is 13.8. The van der Waals surface area contributed by atoms with E-state index in [1.807, 2.05) is 23.9 Å². The molecule has 1 nitrogen and oxygen atoms in total. The van der Waals surface area contributed by atoms with E-state index >= 15 is 0 Å². The summed E-state index contributed by atoms with van der Waals surface area (Å²) in [6, 6.07) is 18.9. The molecule has 1 heterocycles. The number of nitrogens with zero attached hydrogens (tertiary/aromatic N) is 1. The maximum Gasteiger partial charge on any atom is 0.0406 e. The van der Waals surface area contributed by atoms with Gasteiger partial charge in [0.25, 0.3) is 0 Å². The van der Waals surface area contributed by atoms with Crippen molar-refractivity contribution in [3.8, 4) is 0 Å². The third-order valence-corrected chi connectivity index (χ3v) is 5.11. The van der Waals surface area contributed by atoms with Crippen LogP contribution in [0, 0.1) is 0 Å². The van der Waals surface area contributed by atoms with Crippen molar-refractivity contribution in [2.45, 2.75) is 23.1 Å². The molecule has 1 atom stereocenters. The van der Waals surface area contributed by atoms with Crippen molar-refractivity contribution in [1.82, 2.24) is 4.90 Å². The summed E-state index contributed by atoms with van der Waals surface area (Å²) in [6.07, 6.45) is 1.26. The summed E-state index contributed by atoms with van der Waals surface area (Å²) in [6.45, 7) is 3.43. The van der Waals surface area contributed by atoms with Gasteiger partial charge in [-0.25, -0.2) is 0 Å². The van der Waals surface area contributed by atoms with Crippen molar-refractivity contribution >= 4 is 23.4 Å². The van der Waals surface area contributed by atoms with Crippen molar-refractivity contribution in [2.24, 2.45) is 0 Å². The minimum atomic E-state index is 0.694. The van der Waals surface area contributed by atoms with E-state index in [9.17, 15) is 0 Å². The molecule has 20 heavy (non-hydrogen) atoms. The van der Waals surface area contributed by atoms with Crippen molar-refractivity contribution in [2.75, 3.05) is 13.1 Å². The summed E-state index contributed by atoms with van der Waals surface area (Å²) in [5, 5.41) is 1.51. The zero-order valence-corrected chi connectivity index (χ0v) is 12.9. The maximum atomic E-state index is 5.92. The third-order valence-electron chi connectivity index (χ3n) is 3.59. The maximum absolute atomic E-state index is 5.92. The average Bonchev–Trinajstić information content (AvgIpc) is 2.90. The number of hydrogen-bond acceptors (Lipinski definition) is 2. The molecule has 0 N–H and O–H groups in total. The van der Waals surface area contributed by atoms with Crippen molar-refractivity contribution < 1.29 is 0 Å². The van der Waals surface area contributed by atoms with Crippen LogP contribution in [0.15, 0.2) is 59.5 Å². The molecule has 104 valence electrons. The van der Waals surface area contributed by atoms with Gasteiger partial charge >= 0.3 is 0 Å². The molecule has 1 saturated heterocycles. The van der Waals surface area contributed by atoms with E-state index in [0.717, 1.165) is 11.6 Å². The number of hydrogen-bond donors (Lipinski definition) is 0. The van der Waals surface area contributed by atoms with E-state index in [1.54, 1.807) is 0 Å². The number of likely N-dealkylation sites (tertiary alicyclic amines) is 1. The molecule has 2 aromatic carbocycles. The second-order valence-electron chi connectivity index (χ2n) is 5.20. The minimum Gasteiger partial charge on any atom is -0.298 e. The molecule has 0 aliphatic carbocycles. The summed E-state index contributed by atoms with van der Waals surface area (Å²) in [5.41, 5.74) is 1.41. The molecule has 0 radical (unpaired) electrons. The summed E-state index contributed by atoms with van der Waals surface area (Å²) in [4.78, 5) is 3.86. The van der Waals surface area contributed by atoms with Gasteiger partial charge in [-0.3, -0.25) is 4.90 Å². The topological polar surface area (TPSA) is 3.24 Å². The van der Waals surface area contributed by atoms with Crippen LogP contribution in [-0.4, -0.2) is 23.2 Å². The summed E-state index contributed by atoms with van der Waals surface area (Å²) in [5.74, 6) is 0. The van der Waals surface area contributed by atoms with Gasteiger partial charge in [0, 0.05) is 28.3 Å². The molecule has 0 amide bonds. The first kappa shape index (κ1) is 14.0. The van der Waals surface area contributed by atoms with Crippen LogP contribution >= 0.6 is 23.4 Å². The highest BCUT2D eigenvalue weighted by Crippen LogP contribution is 2.31. The van der Waals surface area contributed by atoms with Crippen molar-refractivity contribution in [3.63, 3.8) is 0 Å². The monoisotopic (exact) mass is 303 g/mol. The van der Waals surface area contributed by atoms with Gasteiger partial charge in [0.1, 0.15) is 0 Å². The SMILES string of the molecule is Clc1ccc(SC2CCN(Cc3ccccc3)C2)cc1. The standard InChI is InChI=1S/C17H18ClNS/c18-15-6-8-16(9-7-15)20-17-10-11-19(13-17)12-14-4-2-1-3-5-14/h1-9,17H,10-13H2. The number of halogens is 1. The fraction of sp³-hybridized carbons (Fsp3) is 0.294. The summed E-state index contributed by atoms with van der Waals surface area (Å²) < 4.78 is 0. The molecule has 3 heteroatoms. The van der Waals surface area contributed by atoms with Gasteiger partial charge in [-0.05, 0) is 42.8 Å². The Kier molecular flexibility index (Phi) is 4.66. The van der Waals surface area contributed by atoms with Crippen LogP contribution in [0.5, 0.6) is 0 Å². The van der Waals surface area contributed by atoms with E-state index in [-0.39, 0.29) is 0 Å². The average molecular weight is 304 g/mol. The Bertz CT molecular complexity index is 541. The fourth-order valence-electron chi connectivity index (χ4n) is 2.58. The smallest absolute Gasteiger partial charge is 0.0406 e. The highest BCUT2D eigenvalue weighted by Gasteiger charge is 2.23. The summed E-state index contributed by atoms with van der Waals surface area (Å²) in [7, 11) is 0. The molecular weight excluding hydrogens is 286 g/mol. The molecule has 1 aliphatic rings. The van der Waals surface area contributed by atoms with Gasteiger partial charge in [0.2, 0.25) is 0 Å². The van der Waals surface area contributed by atoms with Crippen LogP contribution in [0.4, 0.5) is 0 Å². The third kappa shape index (κ3) is 3.78. The predicted octanol–water partition coefficient (Wildman–Crippen LogP) is 4.71. The van der Waals surface area contributed by atoms with Gasteiger partial charge in [-0.1, -0.05) is 41.9 Å². The van der Waals surface area contributed by atoms with Gasteiger partial charge in [0.15, 0.2) is 0 Å². The summed E-state index contributed by atoms with van der Waals surface area (Å²) >= 11 is 7.90. The molecule has 1 unspecified atom stereocenters. The first-order chi connectivity index (χ1) is 9.79. The first-order valence-corrected chi connectivity index (χ1v) is 8.24. The van der Waals surface area contributed by atoms with E-state index in [4.69, 9.17) is 11.6 Å². The van der Waals surface area contributed by atoms with E-state index in [1.165, 1.54) is 30.0 Å². The van der Waals surface area contributed by atoms with Crippen LogP contribution in [0.1, 0.15) is 12.0 Å². The molecule has 0 saturated carbocycles. The van der Waals surface area contributed by atoms with Crippen molar-refractivity contribution in [3.05, 3.63) is 65.2 Å². The van der Waals surface area contributed by atoms with E-state index in [0.29, 0.717) is 5.25 Å². The first-order valence-electron chi connectivity index (χ1n) is 6.98. The molecule has 1 fully saturated rings. The normalized spacial score (nSPS) is 19.4. The lowest BCUT2D eigenvalue weighted by Gasteiger charge is -2.16. The Morgan fingerprint density at radius 2 is 1.80 bits per heavy atom. The molecule has 0 bridgehead atoms. The molecule has 0 aromatic heterocycles. The lowest BCUT2D eigenvalue weighted by atomic mass is 10.2. The van der Waals surface area contributed by atoms with E-state index in [2.05, 4.69) is 47.4 Å². The van der Waals surface area contributed by atoms with Crippen molar-refractivity contribution in [1.29, 1.82) is 0 Å². The Balaban J connectivity index is 1.53. The van der Waals surface area contributed by atoms with Crippen LogP contribution in [0.25, 0.3) is 0 Å². The van der Waals surface area contributed by atoms with Gasteiger partial charge in [-0.15, -0.1) is 11.8 Å². The Hall–Kier alpha value is -0.960. The molecular formula is C17H18ClNS. The largest absolute Gasteiger partial charge is 0.298 e. The number of benzene rings is 2. The van der Waals surface area contributed by atoms with E-state index < -0.39 is 0 Å². The Morgan fingerprint density at radius 1 is 1.05 bits per heavy atom. The lowest BCUT2D eigenvalue weighted by molar-refractivity contribution is 0.332. The zero-order valence-electron chi connectivity index (χ0n) is 11.3. The lowest BCUT2D eigenvalue weighted by Crippen LogP contribution is -2.20. The quantitative estimate of drug-likeness (QED) is 0.805. The van der Waals surface area contributed by atoms with Crippen LogP contribution in [0.3, 0.4) is 0 Å². The molecule has 2 aromatic rings. The van der Waals surface area contributed by atoms with Gasteiger partial charge in [-0.2, -0.15) is 0 Å². The predicted molar refractivity (Wildman–Crippen MR) is 87.4 cm³/mol. The molecule has 0 spiro atoms. The highest BCUT2D eigenvalue weighted by atomic mass is 35.5. The van der Waals surface area contributed by atoms with Crippen LogP contribution in [-0.2, 0) is 6.54 Å².